The second-order valence-corrected chi connectivity index (χ2v) is 4.58. The summed E-state index contributed by atoms with van der Waals surface area (Å²) in [4.78, 5) is 27.6. The summed E-state index contributed by atoms with van der Waals surface area (Å²) in [6.07, 6.45) is 0.463. The molecule has 102 valence electrons. The number of hydrogen-bond acceptors (Lipinski definition) is 4. The summed E-state index contributed by atoms with van der Waals surface area (Å²) in [7, 11) is 0. The van der Waals surface area contributed by atoms with Crippen molar-refractivity contribution >= 4 is 17.7 Å². The van der Waals surface area contributed by atoms with E-state index < -0.39 is 12.0 Å². The van der Waals surface area contributed by atoms with E-state index in [1.54, 1.807) is 12.1 Å². The Morgan fingerprint density at radius 2 is 1.95 bits per heavy atom. The summed E-state index contributed by atoms with van der Waals surface area (Å²) < 4.78 is 0. The van der Waals surface area contributed by atoms with Crippen LogP contribution in [-0.2, 0) is 0 Å². The molecule has 1 aromatic rings. The molecular formula is C12H16N4O3. The van der Waals surface area contributed by atoms with Gasteiger partial charge in [0.1, 0.15) is 0 Å². The summed E-state index contributed by atoms with van der Waals surface area (Å²) in [5.41, 5.74) is 11.9. The molecule has 0 unspecified atom stereocenters. The third-order valence-corrected chi connectivity index (χ3v) is 3.37. The van der Waals surface area contributed by atoms with E-state index in [2.05, 4.69) is 4.98 Å². The van der Waals surface area contributed by atoms with Crippen molar-refractivity contribution in [2.45, 2.75) is 18.8 Å². The van der Waals surface area contributed by atoms with E-state index in [9.17, 15) is 9.59 Å². The van der Waals surface area contributed by atoms with Crippen molar-refractivity contribution in [3.8, 4) is 0 Å². The molecule has 1 aliphatic rings. The number of piperidine rings is 1. The molecule has 0 aromatic carbocycles. The van der Waals surface area contributed by atoms with Crippen molar-refractivity contribution < 1.29 is 14.7 Å². The lowest BCUT2D eigenvalue weighted by Crippen LogP contribution is -2.37. The maximum Gasteiger partial charge on any atom is 0.407 e. The summed E-state index contributed by atoms with van der Waals surface area (Å²) in [6.45, 7) is 0.940. The van der Waals surface area contributed by atoms with Crippen LogP contribution in [0.4, 0.5) is 10.5 Å². The van der Waals surface area contributed by atoms with Crippen LogP contribution in [-0.4, -0.2) is 40.1 Å². The number of hydrogen-bond donors (Lipinski definition) is 3. The Morgan fingerprint density at radius 3 is 2.47 bits per heavy atom. The van der Waals surface area contributed by atoms with E-state index in [1.165, 1.54) is 4.90 Å². The number of amides is 2. The quantitative estimate of drug-likeness (QED) is 0.722. The van der Waals surface area contributed by atoms with Gasteiger partial charge in [-0.25, -0.2) is 9.78 Å². The Labute approximate surface area is 110 Å². The fourth-order valence-electron chi connectivity index (χ4n) is 2.28. The lowest BCUT2D eigenvalue weighted by molar-refractivity contribution is 0.0996. The molecule has 0 saturated carbocycles. The number of nitrogen functional groups attached to an aromatic ring is 1. The van der Waals surface area contributed by atoms with Crippen LogP contribution in [0.15, 0.2) is 12.1 Å². The summed E-state index contributed by atoms with van der Waals surface area (Å²) in [5.74, 6) is -0.517. The molecule has 0 aliphatic carbocycles. The smallest absolute Gasteiger partial charge is 0.407 e. The van der Waals surface area contributed by atoms with Crippen molar-refractivity contribution in [1.29, 1.82) is 0 Å². The molecule has 0 bridgehead atoms. The van der Waals surface area contributed by atoms with E-state index in [4.69, 9.17) is 16.6 Å². The van der Waals surface area contributed by atoms with E-state index in [-0.39, 0.29) is 17.3 Å². The highest BCUT2D eigenvalue weighted by molar-refractivity contribution is 5.95. The fourth-order valence-corrected chi connectivity index (χ4v) is 2.28. The zero-order valence-corrected chi connectivity index (χ0v) is 10.4. The lowest BCUT2D eigenvalue weighted by Gasteiger charge is -2.29. The molecule has 1 aromatic heterocycles. The molecule has 1 fully saturated rings. The van der Waals surface area contributed by atoms with Crippen LogP contribution in [0.25, 0.3) is 0 Å². The maximum atomic E-state index is 11.2. The van der Waals surface area contributed by atoms with Gasteiger partial charge < -0.3 is 21.5 Å². The Morgan fingerprint density at radius 1 is 1.32 bits per heavy atom. The molecule has 2 rings (SSSR count). The van der Waals surface area contributed by atoms with Crippen LogP contribution in [0, 0.1) is 0 Å². The SMILES string of the molecule is NC(=O)c1nc(C2CCN(C(=O)O)CC2)ccc1N. The van der Waals surface area contributed by atoms with Gasteiger partial charge in [0.05, 0.1) is 5.69 Å². The predicted octanol–water partition coefficient (Wildman–Crippen LogP) is 0.620. The molecule has 2 amide bonds. The monoisotopic (exact) mass is 264 g/mol. The van der Waals surface area contributed by atoms with Crippen LogP contribution in [0.5, 0.6) is 0 Å². The first kappa shape index (κ1) is 13.1. The highest BCUT2D eigenvalue weighted by Crippen LogP contribution is 2.27. The Kier molecular flexibility index (Phi) is 3.55. The molecule has 0 radical (unpaired) electrons. The predicted molar refractivity (Wildman–Crippen MR) is 68.7 cm³/mol. The van der Waals surface area contributed by atoms with Gasteiger partial charge in [0.2, 0.25) is 0 Å². The topological polar surface area (TPSA) is 123 Å². The molecule has 7 heteroatoms. The minimum Gasteiger partial charge on any atom is -0.465 e. The normalized spacial score (nSPS) is 16.3. The van der Waals surface area contributed by atoms with Gasteiger partial charge in [-0.15, -0.1) is 0 Å². The number of carbonyl (C=O) groups is 2. The van der Waals surface area contributed by atoms with Crippen LogP contribution in [0.1, 0.15) is 34.9 Å². The van der Waals surface area contributed by atoms with Gasteiger partial charge in [0, 0.05) is 24.7 Å². The van der Waals surface area contributed by atoms with E-state index in [0.29, 0.717) is 25.9 Å². The zero-order chi connectivity index (χ0) is 14.0. The minimum absolute atomic E-state index is 0.0816. The Balaban J connectivity index is 2.14. The standard InChI is InChI=1S/C12H16N4O3/c13-8-1-2-9(15-10(8)11(14)17)7-3-5-16(6-4-7)12(18)19/h1-2,7H,3-6,13H2,(H2,14,17)(H,18,19). The number of rotatable bonds is 2. The number of anilines is 1. The molecule has 7 nitrogen and oxygen atoms in total. The van der Waals surface area contributed by atoms with Gasteiger partial charge >= 0.3 is 6.09 Å². The number of nitrogens with two attached hydrogens (primary N) is 2. The number of carbonyl (C=O) groups excluding carboxylic acids is 1. The average Bonchev–Trinajstić information content (AvgIpc) is 2.39. The lowest BCUT2D eigenvalue weighted by atomic mass is 9.93. The fraction of sp³-hybridized carbons (Fsp3) is 0.417. The van der Waals surface area contributed by atoms with Crippen LogP contribution < -0.4 is 11.5 Å². The van der Waals surface area contributed by atoms with Crippen LogP contribution >= 0.6 is 0 Å². The number of pyridine rings is 1. The molecule has 1 saturated heterocycles. The first-order chi connectivity index (χ1) is 8.99. The molecule has 0 atom stereocenters. The van der Waals surface area contributed by atoms with Crippen molar-refractivity contribution in [1.82, 2.24) is 9.88 Å². The molecule has 1 aliphatic heterocycles. The first-order valence-corrected chi connectivity index (χ1v) is 6.03. The number of aromatic nitrogens is 1. The molecule has 5 N–H and O–H groups in total. The minimum atomic E-state index is -0.901. The van der Waals surface area contributed by atoms with Crippen molar-refractivity contribution in [2.75, 3.05) is 18.8 Å². The largest absolute Gasteiger partial charge is 0.465 e. The van der Waals surface area contributed by atoms with Crippen molar-refractivity contribution in [2.24, 2.45) is 5.73 Å². The van der Waals surface area contributed by atoms with Gasteiger partial charge in [-0.2, -0.15) is 0 Å². The number of carboxylic acid groups (broad SMARTS) is 1. The average molecular weight is 264 g/mol. The number of primary amides is 1. The second-order valence-electron chi connectivity index (χ2n) is 4.58. The van der Waals surface area contributed by atoms with Crippen LogP contribution in [0.3, 0.4) is 0 Å². The zero-order valence-electron chi connectivity index (χ0n) is 10.4. The van der Waals surface area contributed by atoms with Crippen LogP contribution in [0.2, 0.25) is 0 Å². The van der Waals surface area contributed by atoms with Gasteiger partial charge in [0.15, 0.2) is 5.69 Å². The molecule has 2 heterocycles. The Hall–Kier alpha value is -2.31. The van der Waals surface area contributed by atoms with Crippen molar-refractivity contribution in [3.05, 3.63) is 23.5 Å². The summed E-state index contributed by atoms with van der Waals surface area (Å²) >= 11 is 0. The highest BCUT2D eigenvalue weighted by atomic mass is 16.4. The maximum absolute atomic E-state index is 11.2. The third kappa shape index (κ3) is 2.75. The second kappa shape index (κ2) is 5.13. The van der Waals surface area contributed by atoms with Gasteiger partial charge in [-0.05, 0) is 25.0 Å². The third-order valence-electron chi connectivity index (χ3n) is 3.37. The first-order valence-electron chi connectivity index (χ1n) is 6.03. The molecule has 19 heavy (non-hydrogen) atoms. The van der Waals surface area contributed by atoms with E-state index in [1.807, 2.05) is 0 Å². The number of likely N-dealkylation sites (tertiary alicyclic amines) is 1. The summed E-state index contributed by atoms with van der Waals surface area (Å²) in [5, 5.41) is 8.88. The highest BCUT2D eigenvalue weighted by Gasteiger charge is 2.25. The summed E-state index contributed by atoms with van der Waals surface area (Å²) in [6, 6.07) is 3.38. The number of nitrogens with zero attached hydrogens (tertiary/aromatic N) is 2. The van der Waals surface area contributed by atoms with Gasteiger partial charge in [-0.1, -0.05) is 0 Å². The molecular weight excluding hydrogens is 248 g/mol. The van der Waals surface area contributed by atoms with Gasteiger partial charge in [0.25, 0.3) is 5.91 Å². The van der Waals surface area contributed by atoms with E-state index in [0.717, 1.165) is 5.69 Å². The van der Waals surface area contributed by atoms with E-state index >= 15 is 0 Å². The van der Waals surface area contributed by atoms with Gasteiger partial charge in [-0.3, -0.25) is 4.79 Å². The Bertz CT molecular complexity index is 510. The molecule has 0 spiro atoms. The van der Waals surface area contributed by atoms with Crippen molar-refractivity contribution in [3.63, 3.8) is 0 Å².